The minimum absolute atomic E-state index is 0.0134. The van der Waals surface area contributed by atoms with Crippen LogP contribution in [0.25, 0.3) is 33.8 Å². The van der Waals surface area contributed by atoms with Gasteiger partial charge in [-0.3, -0.25) is 0 Å². The summed E-state index contributed by atoms with van der Waals surface area (Å²) in [4.78, 5) is 0. The molecule has 3 heterocycles. The second kappa shape index (κ2) is 9.43. The van der Waals surface area contributed by atoms with Gasteiger partial charge in [0.2, 0.25) is 17.3 Å². The Labute approximate surface area is 225 Å². The number of alkyl halides is 5. The summed E-state index contributed by atoms with van der Waals surface area (Å²) in [7, 11) is 0. The van der Waals surface area contributed by atoms with Crippen molar-refractivity contribution >= 4 is 0 Å². The molecule has 5 aromatic rings. The number of rotatable bonds is 5. The van der Waals surface area contributed by atoms with Crippen LogP contribution < -0.4 is 9.47 Å². The molecule has 0 unspecified atom stereocenters. The first-order valence-corrected chi connectivity index (χ1v) is 11.8. The van der Waals surface area contributed by atoms with Gasteiger partial charge in [0, 0.05) is 11.1 Å². The molecule has 1 aliphatic heterocycles. The van der Waals surface area contributed by atoms with Gasteiger partial charge in [-0.1, -0.05) is 18.2 Å². The Morgan fingerprint density at radius 2 is 1.27 bits per heavy atom. The largest absolute Gasteiger partial charge is 0.586 e. The van der Waals surface area contributed by atoms with E-state index in [0.717, 1.165) is 12.1 Å². The van der Waals surface area contributed by atoms with Crippen LogP contribution in [-0.2, 0) is 12.6 Å². The molecule has 2 aromatic heterocycles. The second-order valence-corrected chi connectivity index (χ2v) is 9.04. The molecular formula is C29H14F8O4. The summed E-state index contributed by atoms with van der Waals surface area (Å²) < 4.78 is 133. The van der Waals surface area contributed by atoms with Crippen LogP contribution in [0.15, 0.2) is 82.0 Å². The first-order valence-electron chi connectivity index (χ1n) is 11.8. The second-order valence-electron chi connectivity index (χ2n) is 9.04. The minimum Gasteiger partial charge on any atom is -0.464 e. The van der Waals surface area contributed by atoms with E-state index < -0.39 is 52.5 Å². The van der Waals surface area contributed by atoms with E-state index in [-0.39, 0.29) is 45.8 Å². The maximum atomic E-state index is 15.8. The fraction of sp³-hybridized carbons (Fsp3) is 0.103. The fourth-order valence-corrected chi connectivity index (χ4v) is 4.70. The van der Waals surface area contributed by atoms with Gasteiger partial charge in [0.25, 0.3) is 0 Å². The van der Waals surface area contributed by atoms with Crippen molar-refractivity contribution < 1.29 is 53.4 Å². The predicted octanol–water partition coefficient (Wildman–Crippen LogP) is 9.22. The first-order chi connectivity index (χ1) is 19.4. The van der Waals surface area contributed by atoms with Gasteiger partial charge in [-0.2, -0.15) is 17.6 Å². The van der Waals surface area contributed by atoms with Crippen molar-refractivity contribution in [3.05, 3.63) is 107 Å². The standard InChI is InChI=1S/C29H14F8O4/c30-23-22(24(31)26-27(25(23)32)41-29(36,37)40-26)18-13-15(10-14-4-1-5-16(11-14)28(33,34)35)12-17(19-6-2-8-38-19)21(18)20-7-3-9-39-20/h1-9,11-13H,10H2. The van der Waals surface area contributed by atoms with Crippen LogP contribution in [0.1, 0.15) is 16.7 Å². The lowest BCUT2D eigenvalue weighted by molar-refractivity contribution is -0.287. The van der Waals surface area contributed by atoms with E-state index in [1.165, 1.54) is 61.1 Å². The molecule has 0 bridgehead atoms. The van der Waals surface area contributed by atoms with Crippen molar-refractivity contribution in [3.63, 3.8) is 0 Å². The van der Waals surface area contributed by atoms with E-state index in [2.05, 4.69) is 9.47 Å². The Kier molecular flexibility index (Phi) is 6.09. The van der Waals surface area contributed by atoms with Crippen molar-refractivity contribution in [2.45, 2.75) is 18.9 Å². The topological polar surface area (TPSA) is 44.7 Å². The summed E-state index contributed by atoms with van der Waals surface area (Å²) in [5.74, 6) is -8.07. The maximum Gasteiger partial charge on any atom is 0.586 e. The molecule has 3 aromatic carbocycles. The lowest BCUT2D eigenvalue weighted by atomic mass is 9.88. The van der Waals surface area contributed by atoms with Gasteiger partial charge in [0.05, 0.1) is 23.7 Å². The normalized spacial score (nSPS) is 14.0. The number of furan rings is 2. The van der Waals surface area contributed by atoms with Crippen LogP contribution in [-0.4, -0.2) is 6.29 Å². The Balaban J connectivity index is 1.63. The maximum absolute atomic E-state index is 15.8. The summed E-state index contributed by atoms with van der Waals surface area (Å²) in [6.07, 6.45) is -6.68. The van der Waals surface area contributed by atoms with Gasteiger partial charge in [-0.15, -0.1) is 8.78 Å². The lowest BCUT2D eigenvalue weighted by Gasteiger charge is -2.18. The molecule has 0 spiro atoms. The molecule has 0 radical (unpaired) electrons. The SMILES string of the molecule is Fc1c(F)c(-c2cc(Cc3cccc(C(F)(F)F)c3)cc(-c3ccco3)c2-c2ccco2)c(F)c2c1OC(F)(F)O2. The van der Waals surface area contributed by atoms with Crippen LogP contribution in [0.4, 0.5) is 35.1 Å². The molecule has 0 saturated heterocycles. The summed E-state index contributed by atoms with van der Waals surface area (Å²) in [6.45, 7) is 0. The number of hydrogen-bond donors (Lipinski definition) is 0. The highest BCUT2D eigenvalue weighted by Crippen LogP contribution is 2.51. The minimum atomic E-state index is -4.62. The summed E-state index contributed by atoms with van der Waals surface area (Å²) in [5.41, 5.74) is -1.79. The third-order valence-electron chi connectivity index (χ3n) is 6.36. The molecule has 0 N–H and O–H groups in total. The molecule has 0 amide bonds. The zero-order chi connectivity index (χ0) is 29.1. The zero-order valence-corrected chi connectivity index (χ0v) is 20.3. The van der Waals surface area contributed by atoms with E-state index in [0.29, 0.717) is 0 Å². The predicted molar refractivity (Wildman–Crippen MR) is 128 cm³/mol. The van der Waals surface area contributed by atoms with Crippen molar-refractivity contribution in [1.29, 1.82) is 0 Å². The lowest BCUT2D eigenvalue weighted by Crippen LogP contribution is -2.26. The van der Waals surface area contributed by atoms with E-state index in [1.54, 1.807) is 0 Å². The van der Waals surface area contributed by atoms with Crippen molar-refractivity contribution in [2.75, 3.05) is 0 Å². The van der Waals surface area contributed by atoms with E-state index in [1.807, 2.05) is 0 Å². The number of benzene rings is 3. The third kappa shape index (κ3) is 4.68. The van der Waals surface area contributed by atoms with Gasteiger partial charge < -0.3 is 18.3 Å². The summed E-state index contributed by atoms with van der Waals surface area (Å²) >= 11 is 0. The van der Waals surface area contributed by atoms with Gasteiger partial charge in [0.1, 0.15) is 11.5 Å². The molecule has 0 atom stereocenters. The van der Waals surface area contributed by atoms with Crippen molar-refractivity contribution in [2.24, 2.45) is 0 Å². The van der Waals surface area contributed by atoms with Crippen LogP contribution >= 0.6 is 0 Å². The highest BCUT2D eigenvalue weighted by Gasteiger charge is 2.49. The number of ether oxygens (including phenoxy) is 2. The molecule has 12 heteroatoms. The van der Waals surface area contributed by atoms with Crippen LogP contribution in [0.2, 0.25) is 0 Å². The van der Waals surface area contributed by atoms with Crippen molar-refractivity contribution in [1.82, 2.24) is 0 Å². The number of fused-ring (bicyclic) bond motifs is 1. The molecule has 4 nitrogen and oxygen atoms in total. The molecule has 210 valence electrons. The Hall–Kier alpha value is -4.74. The van der Waals surface area contributed by atoms with Crippen molar-refractivity contribution in [3.8, 4) is 45.3 Å². The first kappa shape index (κ1) is 26.5. The Bertz CT molecular complexity index is 1760. The molecule has 0 fully saturated rings. The van der Waals surface area contributed by atoms with Gasteiger partial charge in [-0.25, -0.2) is 8.78 Å². The quantitative estimate of drug-likeness (QED) is 0.154. The molecular weight excluding hydrogens is 564 g/mol. The molecule has 0 saturated carbocycles. The van der Waals surface area contributed by atoms with Crippen LogP contribution in [0.3, 0.4) is 0 Å². The van der Waals surface area contributed by atoms with Gasteiger partial charge in [0.15, 0.2) is 11.6 Å². The highest BCUT2D eigenvalue weighted by molar-refractivity contribution is 5.93. The van der Waals surface area contributed by atoms with E-state index in [9.17, 15) is 26.3 Å². The van der Waals surface area contributed by atoms with Crippen LogP contribution in [0, 0.1) is 17.5 Å². The third-order valence-corrected chi connectivity index (χ3v) is 6.36. The van der Waals surface area contributed by atoms with Crippen LogP contribution in [0.5, 0.6) is 11.5 Å². The zero-order valence-electron chi connectivity index (χ0n) is 20.3. The monoisotopic (exact) mass is 578 g/mol. The number of halogens is 8. The molecule has 41 heavy (non-hydrogen) atoms. The molecule has 0 aliphatic carbocycles. The van der Waals surface area contributed by atoms with E-state index in [4.69, 9.17) is 8.83 Å². The smallest absolute Gasteiger partial charge is 0.464 e. The summed E-state index contributed by atoms with van der Waals surface area (Å²) in [5, 5.41) is 0. The Morgan fingerprint density at radius 3 is 1.90 bits per heavy atom. The molecule has 6 rings (SSSR count). The highest BCUT2D eigenvalue weighted by atomic mass is 19.4. The number of hydrogen-bond acceptors (Lipinski definition) is 4. The fourth-order valence-electron chi connectivity index (χ4n) is 4.70. The van der Waals surface area contributed by atoms with Gasteiger partial charge in [-0.05, 0) is 65.6 Å². The average molecular weight is 578 g/mol. The van der Waals surface area contributed by atoms with Gasteiger partial charge >= 0.3 is 12.5 Å². The molecule has 1 aliphatic rings. The van der Waals surface area contributed by atoms with E-state index >= 15 is 8.78 Å². The Morgan fingerprint density at radius 1 is 0.634 bits per heavy atom. The average Bonchev–Trinajstić information content (AvgIpc) is 3.68. The summed E-state index contributed by atoms with van der Waals surface area (Å²) in [6, 6.07) is 13.1.